The quantitative estimate of drug-likeness (QED) is 0.560. The normalized spacial score (nSPS) is 10.6. The molecule has 0 unspecified atom stereocenters. The summed E-state index contributed by atoms with van der Waals surface area (Å²) in [7, 11) is 3.37. The number of methoxy groups -OCH3 is 1. The maximum Gasteiger partial charge on any atom is 0.257 e. The van der Waals surface area contributed by atoms with Crippen molar-refractivity contribution in [2.24, 2.45) is 7.05 Å². The van der Waals surface area contributed by atoms with Crippen molar-refractivity contribution in [1.82, 2.24) is 25.2 Å². The standard InChI is InChI=1S/C19H16N6O2S/c1-25-17(22-23-24-25)13-4-3-5-14(10-13)18(26)21-19-20-16(11-28-19)12-6-8-15(27-2)9-7-12/h3-11H,1-2H3,(H,20,21,26). The van der Waals surface area contributed by atoms with Crippen LogP contribution in [0.3, 0.4) is 0 Å². The van der Waals surface area contributed by atoms with E-state index in [1.54, 1.807) is 37.0 Å². The number of aromatic nitrogens is 5. The Bertz CT molecular complexity index is 1120. The van der Waals surface area contributed by atoms with Crippen LogP contribution in [-0.4, -0.2) is 38.2 Å². The Kier molecular flexibility index (Phi) is 4.81. The van der Waals surface area contributed by atoms with Crippen LogP contribution in [0, 0.1) is 0 Å². The Morgan fingerprint density at radius 3 is 2.68 bits per heavy atom. The highest BCUT2D eigenvalue weighted by atomic mass is 32.1. The highest BCUT2D eigenvalue weighted by molar-refractivity contribution is 7.14. The third-order valence-corrected chi connectivity index (χ3v) is 4.87. The molecule has 0 fully saturated rings. The van der Waals surface area contributed by atoms with Crippen LogP contribution < -0.4 is 10.1 Å². The van der Waals surface area contributed by atoms with Crippen molar-refractivity contribution in [3.05, 3.63) is 59.5 Å². The molecule has 0 spiro atoms. The molecule has 2 aromatic heterocycles. The Labute approximate surface area is 164 Å². The second-order valence-corrected chi connectivity index (χ2v) is 6.79. The summed E-state index contributed by atoms with van der Waals surface area (Å²) in [6, 6.07) is 14.7. The van der Waals surface area contributed by atoms with Gasteiger partial charge in [-0.1, -0.05) is 12.1 Å². The van der Waals surface area contributed by atoms with E-state index in [9.17, 15) is 4.79 Å². The predicted molar refractivity (Wildman–Crippen MR) is 106 cm³/mol. The maximum absolute atomic E-state index is 12.6. The van der Waals surface area contributed by atoms with Gasteiger partial charge in [0.15, 0.2) is 11.0 Å². The van der Waals surface area contributed by atoms with Gasteiger partial charge in [-0.05, 0) is 46.8 Å². The summed E-state index contributed by atoms with van der Waals surface area (Å²) in [4.78, 5) is 17.1. The number of hydrogen-bond donors (Lipinski definition) is 1. The lowest BCUT2D eigenvalue weighted by Crippen LogP contribution is -2.11. The smallest absolute Gasteiger partial charge is 0.257 e. The first kappa shape index (κ1) is 17.8. The fourth-order valence-electron chi connectivity index (χ4n) is 2.67. The summed E-state index contributed by atoms with van der Waals surface area (Å²) < 4.78 is 6.72. The van der Waals surface area contributed by atoms with Gasteiger partial charge < -0.3 is 4.74 Å². The topological polar surface area (TPSA) is 94.8 Å². The van der Waals surface area contributed by atoms with E-state index in [0.717, 1.165) is 22.6 Å². The van der Waals surface area contributed by atoms with Gasteiger partial charge in [-0.25, -0.2) is 9.67 Å². The van der Waals surface area contributed by atoms with Crippen molar-refractivity contribution in [1.29, 1.82) is 0 Å². The number of carbonyl (C=O) groups is 1. The number of benzene rings is 2. The minimum Gasteiger partial charge on any atom is -0.497 e. The first-order chi connectivity index (χ1) is 13.6. The minimum absolute atomic E-state index is 0.243. The summed E-state index contributed by atoms with van der Waals surface area (Å²) in [5.41, 5.74) is 3.01. The molecule has 9 heteroatoms. The molecule has 2 heterocycles. The molecule has 0 aliphatic heterocycles. The van der Waals surface area contributed by atoms with Gasteiger partial charge in [0.2, 0.25) is 0 Å². The number of rotatable bonds is 5. The number of aryl methyl sites for hydroxylation is 1. The van der Waals surface area contributed by atoms with E-state index in [1.165, 1.54) is 11.3 Å². The van der Waals surface area contributed by atoms with Gasteiger partial charge in [0.05, 0.1) is 12.8 Å². The third-order valence-electron chi connectivity index (χ3n) is 4.11. The first-order valence-corrected chi connectivity index (χ1v) is 9.26. The van der Waals surface area contributed by atoms with Crippen LogP contribution in [0.15, 0.2) is 53.9 Å². The van der Waals surface area contributed by atoms with Crippen molar-refractivity contribution in [3.63, 3.8) is 0 Å². The van der Waals surface area contributed by atoms with Crippen molar-refractivity contribution in [3.8, 4) is 28.4 Å². The second kappa shape index (κ2) is 7.57. The van der Waals surface area contributed by atoms with Crippen LogP contribution in [0.25, 0.3) is 22.6 Å². The van der Waals surface area contributed by atoms with E-state index < -0.39 is 0 Å². The van der Waals surface area contributed by atoms with E-state index in [1.807, 2.05) is 35.7 Å². The number of nitrogens with one attached hydrogen (secondary N) is 1. The van der Waals surface area contributed by atoms with Gasteiger partial charge in [0.1, 0.15) is 5.75 Å². The number of amides is 1. The second-order valence-electron chi connectivity index (χ2n) is 5.93. The molecule has 4 aromatic rings. The van der Waals surface area contributed by atoms with E-state index >= 15 is 0 Å². The van der Waals surface area contributed by atoms with E-state index in [0.29, 0.717) is 16.5 Å². The summed E-state index contributed by atoms with van der Waals surface area (Å²) in [6.45, 7) is 0. The molecule has 1 N–H and O–H groups in total. The number of tetrazole rings is 1. The number of thiazole rings is 1. The van der Waals surface area contributed by atoms with Crippen LogP contribution in [-0.2, 0) is 7.05 Å². The van der Waals surface area contributed by atoms with Crippen molar-refractivity contribution < 1.29 is 9.53 Å². The van der Waals surface area contributed by atoms with Crippen molar-refractivity contribution in [2.75, 3.05) is 12.4 Å². The number of anilines is 1. The zero-order valence-electron chi connectivity index (χ0n) is 15.2. The number of nitrogens with zero attached hydrogens (tertiary/aromatic N) is 5. The molecule has 0 atom stereocenters. The molecule has 28 heavy (non-hydrogen) atoms. The predicted octanol–water partition coefficient (Wildman–Crippen LogP) is 3.26. The van der Waals surface area contributed by atoms with Gasteiger partial charge in [-0.3, -0.25) is 10.1 Å². The van der Waals surface area contributed by atoms with Gasteiger partial charge in [-0.15, -0.1) is 16.4 Å². The molecule has 1 amide bonds. The molecule has 0 radical (unpaired) electrons. The van der Waals surface area contributed by atoms with Crippen LogP contribution in [0.1, 0.15) is 10.4 Å². The number of hydrogen-bond acceptors (Lipinski definition) is 7. The molecule has 8 nitrogen and oxygen atoms in total. The monoisotopic (exact) mass is 392 g/mol. The zero-order valence-corrected chi connectivity index (χ0v) is 16.0. The van der Waals surface area contributed by atoms with E-state index in [-0.39, 0.29) is 5.91 Å². The maximum atomic E-state index is 12.6. The Morgan fingerprint density at radius 1 is 1.14 bits per heavy atom. The summed E-state index contributed by atoms with van der Waals surface area (Å²) in [6.07, 6.45) is 0. The lowest BCUT2D eigenvalue weighted by molar-refractivity contribution is 0.102. The average molecular weight is 392 g/mol. The summed E-state index contributed by atoms with van der Waals surface area (Å²) in [5.74, 6) is 1.13. The highest BCUT2D eigenvalue weighted by Gasteiger charge is 2.13. The van der Waals surface area contributed by atoms with Crippen LogP contribution >= 0.6 is 11.3 Å². The van der Waals surface area contributed by atoms with Gasteiger partial charge in [0, 0.05) is 29.1 Å². The molecular weight excluding hydrogens is 376 g/mol. The van der Waals surface area contributed by atoms with Crippen LogP contribution in [0.2, 0.25) is 0 Å². The molecule has 2 aromatic carbocycles. The highest BCUT2D eigenvalue weighted by Crippen LogP contribution is 2.27. The van der Waals surface area contributed by atoms with Gasteiger partial charge in [0.25, 0.3) is 5.91 Å². The molecule has 140 valence electrons. The number of ether oxygens (including phenoxy) is 1. The SMILES string of the molecule is COc1ccc(-c2csc(NC(=O)c3cccc(-c4nnnn4C)c3)n2)cc1. The Hall–Kier alpha value is -3.59. The largest absolute Gasteiger partial charge is 0.497 e. The molecule has 0 bridgehead atoms. The van der Waals surface area contributed by atoms with Crippen LogP contribution in [0.5, 0.6) is 5.75 Å². The fourth-order valence-corrected chi connectivity index (χ4v) is 3.38. The van der Waals surface area contributed by atoms with E-state index in [4.69, 9.17) is 4.74 Å². The molecule has 0 aliphatic carbocycles. The molecule has 0 saturated carbocycles. The first-order valence-electron chi connectivity index (χ1n) is 8.38. The summed E-state index contributed by atoms with van der Waals surface area (Å²) in [5, 5.41) is 16.7. The van der Waals surface area contributed by atoms with Crippen LogP contribution in [0.4, 0.5) is 5.13 Å². The summed E-state index contributed by atoms with van der Waals surface area (Å²) >= 11 is 1.37. The fraction of sp³-hybridized carbons (Fsp3) is 0.105. The Morgan fingerprint density at radius 2 is 1.96 bits per heavy atom. The molecule has 4 rings (SSSR count). The lowest BCUT2D eigenvalue weighted by Gasteiger charge is -2.04. The molecule has 0 saturated heterocycles. The average Bonchev–Trinajstić information content (AvgIpc) is 3.37. The van der Waals surface area contributed by atoms with Gasteiger partial charge in [-0.2, -0.15) is 0 Å². The minimum atomic E-state index is -0.243. The zero-order chi connectivity index (χ0) is 19.5. The molecular formula is C19H16N6O2S. The molecule has 0 aliphatic rings. The Balaban J connectivity index is 1.51. The van der Waals surface area contributed by atoms with Crippen molar-refractivity contribution in [2.45, 2.75) is 0 Å². The van der Waals surface area contributed by atoms with Gasteiger partial charge >= 0.3 is 0 Å². The third kappa shape index (κ3) is 3.60. The van der Waals surface area contributed by atoms with E-state index in [2.05, 4.69) is 25.8 Å². The number of carbonyl (C=O) groups excluding carboxylic acids is 1. The van der Waals surface area contributed by atoms with Crippen molar-refractivity contribution >= 4 is 22.4 Å². The lowest BCUT2D eigenvalue weighted by atomic mass is 10.1.